The molecule has 0 bridgehead atoms. The highest BCUT2D eigenvalue weighted by Crippen LogP contribution is 2.23. The number of nitrogens with zero attached hydrogens (tertiary/aromatic N) is 2. The van der Waals surface area contributed by atoms with Gasteiger partial charge in [0.1, 0.15) is 0 Å². The molecule has 3 aromatic carbocycles. The van der Waals surface area contributed by atoms with E-state index in [1.54, 1.807) is 24.4 Å². The van der Waals surface area contributed by atoms with E-state index in [1.165, 1.54) is 15.2 Å². The molecule has 1 heterocycles. The highest BCUT2D eigenvalue weighted by Gasteiger charge is 2.18. The monoisotopic (exact) mass is 428 g/mol. The van der Waals surface area contributed by atoms with Crippen LogP contribution >= 0.6 is 11.6 Å². The number of allylic oxidation sites excluding steroid dienone is 1. The molecule has 0 unspecified atom stereocenters. The maximum Gasteiger partial charge on any atom is 0.340 e. The molecule has 0 saturated carbocycles. The Bertz CT molecular complexity index is 1330. The normalized spacial score (nSPS) is 11.2. The SMILES string of the molecule is Cc1ccc(-c2cn(-c3ccccc3)c(=O)n2C(=O)/C=C/c2ccc(Cl)cc2)cc1C. The van der Waals surface area contributed by atoms with E-state index in [0.717, 1.165) is 22.3 Å². The van der Waals surface area contributed by atoms with E-state index >= 15 is 0 Å². The van der Waals surface area contributed by atoms with Gasteiger partial charge in [0.15, 0.2) is 0 Å². The fourth-order valence-electron chi connectivity index (χ4n) is 3.35. The molecule has 4 aromatic rings. The minimum Gasteiger partial charge on any atom is -0.269 e. The van der Waals surface area contributed by atoms with Gasteiger partial charge in [0.25, 0.3) is 5.91 Å². The lowest BCUT2D eigenvalue weighted by atomic mass is 10.0. The number of carbonyl (C=O) groups excluding carboxylic acids is 1. The first-order valence-corrected chi connectivity index (χ1v) is 10.3. The lowest BCUT2D eigenvalue weighted by Gasteiger charge is -2.06. The molecule has 0 spiro atoms. The summed E-state index contributed by atoms with van der Waals surface area (Å²) in [6.45, 7) is 4.04. The molecule has 0 amide bonds. The lowest BCUT2D eigenvalue weighted by Crippen LogP contribution is -2.27. The number of carbonyl (C=O) groups is 1. The van der Waals surface area contributed by atoms with Gasteiger partial charge >= 0.3 is 5.69 Å². The van der Waals surface area contributed by atoms with Crippen molar-refractivity contribution in [3.05, 3.63) is 117 Å². The topological polar surface area (TPSA) is 44.0 Å². The largest absolute Gasteiger partial charge is 0.340 e. The van der Waals surface area contributed by atoms with Crippen LogP contribution in [0.2, 0.25) is 5.02 Å². The number of aryl methyl sites for hydroxylation is 2. The molecule has 0 aliphatic heterocycles. The molecule has 154 valence electrons. The highest BCUT2D eigenvalue weighted by atomic mass is 35.5. The van der Waals surface area contributed by atoms with E-state index < -0.39 is 11.6 Å². The zero-order chi connectivity index (χ0) is 22.0. The van der Waals surface area contributed by atoms with Gasteiger partial charge in [-0.25, -0.2) is 9.36 Å². The quantitative estimate of drug-likeness (QED) is 0.378. The van der Waals surface area contributed by atoms with Crippen molar-refractivity contribution < 1.29 is 4.79 Å². The van der Waals surface area contributed by atoms with Crippen LogP contribution < -0.4 is 5.69 Å². The van der Waals surface area contributed by atoms with Crippen molar-refractivity contribution in [2.75, 3.05) is 0 Å². The molecule has 4 rings (SSSR count). The number of aromatic nitrogens is 2. The highest BCUT2D eigenvalue weighted by molar-refractivity contribution is 6.30. The van der Waals surface area contributed by atoms with Gasteiger partial charge in [-0.1, -0.05) is 54.1 Å². The molecule has 5 heteroatoms. The number of rotatable bonds is 4. The van der Waals surface area contributed by atoms with Crippen molar-refractivity contribution in [3.63, 3.8) is 0 Å². The fourth-order valence-corrected chi connectivity index (χ4v) is 3.48. The smallest absolute Gasteiger partial charge is 0.269 e. The minimum atomic E-state index is -0.414. The van der Waals surface area contributed by atoms with Crippen molar-refractivity contribution in [2.45, 2.75) is 13.8 Å². The lowest BCUT2D eigenvalue weighted by molar-refractivity contribution is 0.0967. The molecule has 31 heavy (non-hydrogen) atoms. The van der Waals surface area contributed by atoms with Gasteiger partial charge in [-0.3, -0.25) is 9.36 Å². The third kappa shape index (κ3) is 4.30. The Kier molecular flexibility index (Phi) is 5.74. The van der Waals surface area contributed by atoms with E-state index in [0.29, 0.717) is 16.4 Å². The van der Waals surface area contributed by atoms with E-state index in [4.69, 9.17) is 11.6 Å². The molecule has 1 aromatic heterocycles. The van der Waals surface area contributed by atoms with Crippen LogP contribution in [0, 0.1) is 13.8 Å². The number of halogens is 1. The second-order valence-corrected chi connectivity index (χ2v) is 7.80. The van der Waals surface area contributed by atoms with Crippen LogP contribution in [0.25, 0.3) is 23.0 Å². The third-order valence-electron chi connectivity index (χ3n) is 5.24. The number of benzene rings is 3. The van der Waals surface area contributed by atoms with E-state index in [2.05, 4.69) is 0 Å². The maximum atomic E-state index is 13.3. The van der Waals surface area contributed by atoms with Gasteiger partial charge in [-0.05, 0) is 66.9 Å². The average molecular weight is 429 g/mol. The predicted octanol–water partition coefficient (Wildman–Crippen LogP) is 5.93. The Labute approximate surface area is 185 Å². The molecule has 4 nitrogen and oxygen atoms in total. The first kappa shape index (κ1) is 20.6. The molecule has 0 atom stereocenters. The van der Waals surface area contributed by atoms with Crippen molar-refractivity contribution in [3.8, 4) is 16.9 Å². The Balaban J connectivity index is 1.83. The molecule has 0 N–H and O–H groups in total. The first-order valence-electron chi connectivity index (χ1n) is 9.89. The van der Waals surface area contributed by atoms with Gasteiger partial charge in [0.2, 0.25) is 0 Å². The van der Waals surface area contributed by atoms with Gasteiger partial charge in [-0.2, -0.15) is 0 Å². The average Bonchev–Trinajstić information content (AvgIpc) is 3.13. The van der Waals surface area contributed by atoms with Crippen LogP contribution in [0.4, 0.5) is 0 Å². The second kappa shape index (κ2) is 8.62. The summed E-state index contributed by atoms with van der Waals surface area (Å²) in [5, 5.41) is 0.622. The number of para-hydroxylation sites is 1. The molecule has 0 saturated heterocycles. The van der Waals surface area contributed by atoms with E-state index in [9.17, 15) is 9.59 Å². The molecule has 0 fully saturated rings. The Morgan fingerprint density at radius 3 is 2.29 bits per heavy atom. The molecule has 0 aliphatic rings. The zero-order valence-electron chi connectivity index (χ0n) is 17.2. The van der Waals surface area contributed by atoms with E-state index in [1.807, 2.05) is 74.5 Å². The molecular weight excluding hydrogens is 408 g/mol. The predicted molar refractivity (Wildman–Crippen MR) is 126 cm³/mol. The van der Waals surface area contributed by atoms with Crippen molar-refractivity contribution in [1.29, 1.82) is 0 Å². The molecule has 0 aliphatic carbocycles. The van der Waals surface area contributed by atoms with Crippen LogP contribution in [0.15, 0.2) is 89.9 Å². The maximum absolute atomic E-state index is 13.3. The summed E-state index contributed by atoms with van der Waals surface area (Å²) < 4.78 is 2.71. The van der Waals surface area contributed by atoms with Gasteiger partial charge in [0, 0.05) is 22.9 Å². The van der Waals surface area contributed by atoms with Gasteiger partial charge in [0.05, 0.1) is 11.4 Å². The van der Waals surface area contributed by atoms with Gasteiger partial charge < -0.3 is 0 Å². The third-order valence-corrected chi connectivity index (χ3v) is 5.49. The summed E-state index contributed by atoms with van der Waals surface area (Å²) in [7, 11) is 0. The summed E-state index contributed by atoms with van der Waals surface area (Å²) in [6, 6.07) is 22.3. The van der Waals surface area contributed by atoms with Crippen LogP contribution in [-0.4, -0.2) is 15.0 Å². The van der Waals surface area contributed by atoms with Crippen molar-refractivity contribution in [2.24, 2.45) is 0 Å². The van der Waals surface area contributed by atoms with E-state index in [-0.39, 0.29) is 0 Å². The Hall–Kier alpha value is -3.63. The summed E-state index contributed by atoms with van der Waals surface area (Å²) in [5.74, 6) is -0.414. The molecule has 0 radical (unpaired) electrons. The second-order valence-electron chi connectivity index (χ2n) is 7.36. The van der Waals surface area contributed by atoms with Crippen LogP contribution in [-0.2, 0) is 0 Å². The zero-order valence-corrected chi connectivity index (χ0v) is 18.0. The summed E-state index contributed by atoms with van der Waals surface area (Å²) in [5.41, 5.74) is 4.70. The Morgan fingerprint density at radius 2 is 1.61 bits per heavy atom. The number of imidazole rings is 1. The standard InChI is InChI=1S/C26H21ClN2O2/c1-18-8-12-21(16-19(18)2)24-17-28(23-6-4-3-5-7-23)26(31)29(24)25(30)15-11-20-9-13-22(27)14-10-20/h3-17H,1-2H3/b15-11+. The van der Waals surface area contributed by atoms with Crippen molar-refractivity contribution >= 4 is 23.6 Å². The summed E-state index contributed by atoms with van der Waals surface area (Å²) in [6.07, 6.45) is 4.80. The first-order chi connectivity index (χ1) is 14.9. The van der Waals surface area contributed by atoms with Crippen molar-refractivity contribution in [1.82, 2.24) is 9.13 Å². The summed E-state index contributed by atoms with van der Waals surface area (Å²) >= 11 is 5.93. The molecular formula is C26H21ClN2O2. The van der Waals surface area contributed by atoms with Crippen LogP contribution in [0.1, 0.15) is 21.5 Å². The van der Waals surface area contributed by atoms with Crippen LogP contribution in [0.3, 0.4) is 0 Å². The Morgan fingerprint density at radius 1 is 0.903 bits per heavy atom. The fraction of sp³-hybridized carbons (Fsp3) is 0.0769. The number of hydrogen-bond donors (Lipinski definition) is 0. The minimum absolute atomic E-state index is 0.412. The van der Waals surface area contributed by atoms with Crippen LogP contribution in [0.5, 0.6) is 0 Å². The summed E-state index contributed by atoms with van der Waals surface area (Å²) in [4.78, 5) is 26.4. The number of hydrogen-bond acceptors (Lipinski definition) is 2. The van der Waals surface area contributed by atoms with Gasteiger partial charge in [-0.15, -0.1) is 0 Å².